The number of hydrogen-bond acceptors (Lipinski definition) is 6. The van der Waals surface area contributed by atoms with Crippen LogP contribution in [0.3, 0.4) is 0 Å². The predicted octanol–water partition coefficient (Wildman–Crippen LogP) is 1.51. The highest BCUT2D eigenvalue weighted by Gasteiger charge is 2.02. The lowest BCUT2D eigenvalue weighted by Crippen LogP contribution is -2.10. The first-order valence-electron chi connectivity index (χ1n) is 5.84. The number of carbonyl (C=O) groups excluding carboxylic acids is 1. The largest absolute Gasteiger partial charge is 0.469 e. The summed E-state index contributed by atoms with van der Waals surface area (Å²) in [5.74, 6) is 0.371. The van der Waals surface area contributed by atoms with E-state index >= 15 is 0 Å². The summed E-state index contributed by atoms with van der Waals surface area (Å²) >= 11 is 0. The lowest BCUT2D eigenvalue weighted by Gasteiger charge is -2.04. The van der Waals surface area contributed by atoms with Crippen molar-refractivity contribution >= 4 is 11.8 Å². The summed E-state index contributed by atoms with van der Waals surface area (Å²) in [4.78, 5) is 14.9. The molecule has 0 atom stereocenters. The van der Waals surface area contributed by atoms with E-state index < -0.39 is 0 Å². The van der Waals surface area contributed by atoms with Gasteiger partial charge in [0.25, 0.3) is 0 Å². The van der Waals surface area contributed by atoms with Crippen LogP contribution in [0, 0.1) is 0 Å². The van der Waals surface area contributed by atoms with Crippen LogP contribution in [0.5, 0.6) is 0 Å². The molecule has 6 nitrogen and oxygen atoms in total. The average molecular weight is 258 g/mol. The molecule has 0 saturated carbocycles. The molecule has 0 aromatic carbocycles. The Balaban J connectivity index is 1.94. The quantitative estimate of drug-likeness (QED) is 0.819. The number of methoxy groups -OCH3 is 1. The summed E-state index contributed by atoms with van der Waals surface area (Å²) in [5.41, 5.74) is 1.74. The van der Waals surface area contributed by atoms with Crippen molar-refractivity contribution in [1.29, 1.82) is 0 Å². The molecule has 0 unspecified atom stereocenters. The first kappa shape index (κ1) is 12.9. The van der Waals surface area contributed by atoms with Crippen molar-refractivity contribution in [3.05, 3.63) is 36.7 Å². The number of nitrogens with zero attached hydrogens (tertiary/aromatic N) is 3. The van der Waals surface area contributed by atoms with Crippen molar-refractivity contribution in [1.82, 2.24) is 15.2 Å². The number of rotatable bonds is 5. The van der Waals surface area contributed by atoms with E-state index in [9.17, 15) is 4.79 Å². The van der Waals surface area contributed by atoms with Gasteiger partial charge in [0.2, 0.25) is 0 Å². The van der Waals surface area contributed by atoms with Crippen molar-refractivity contribution in [2.24, 2.45) is 0 Å². The molecule has 0 aliphatic rings. The minimum atomic E-state index is -0.256. The topological polar surface area (TPSA) is 77.0 Å². The number of hydrogen-bond donors (Lipinski definition) is 1. The molecule has 0 aliphatic carbocycles. The Kier molecular flexibility index (Phi) is 4.39. The van der Waals surface area contributed by atoms with Crippen LogP contribution in [0.1, 0.15) is 6.42 Å². The maximum absolute atomic E-state index is 10.9. The first-order chi connectivity index (χ1) is 9.29. The molecule has 0 fully saturated rings. The molecule has 0 spiro atoms. The second-order valence-electron chi connectivity index (χ2n) is 3.79. The van der Waals surface area contributed by atoms with Gasteiger partial charge in [-0.05, 0) is 24.3 Å². The van der Waals surface area contributed by atoms with Crippen LogP contribution in [0.25, 0.3) is 11.3 Å². The molecule has 1 N–H and O–H groups in total. The summed E-state index contributed by atoms with van der Waals surface area (Å²) in [6, 6.07) is 7.42. The van der Waals surface area contributed by atoms with E-state index in [1.54, 1.807) is 12.4 Å². The van der Waals surface area contributed by atoms with Crippen LogP contribution >= 0.6 is 0 Å². The standard InChI is InChI=1S/C13H14N4O2/c1-19-13(18)6-9-15-12-3-2-11(16-17-12)10-4-7-14-8-5-10/h2-5,7-8H,6,9H2,1H3,(H,15,17). The highest BCUT2D eigenvalue weighted by Crippen LogP contribution is 2.15. The number of carbonyl (C=O) groups is 1. The minimum Gasteiger partial charge on any atom is -0.469 e. The van der Waals surface area contributed by atoms with Crippen molar-refractivity contribution in [3.8, 4) is 11.3 Å². The van der Waals surface area contributed by atoms with Crippen LogP contribution in [-0.2, 0) is 9.53 Å². The van der Waals surface area contributed by atoms with Crippen LogP contribution in [0.2, 0.25) is 0 Å². The SMILES string of the molecule is COC(=O)CCNc1ccc(-c2ccncc2)nn1. The molecule has 19 heavy (non-hydrogen) atoms. The molecule has 2 heterocycles. The zero-order valence-corrected chi connectivity index (χ0v) is 10.5. The van der Waals surface area contributed by atoms with E-state index in [2.05, 4.69) is 25.2 Å². The molecule has 2 aromatic heterocycles. The van der Waals surface area contributed by atoms with Crippen molar-refractivity contribution in [3.63, 3.8) is 0 Å². The van der Waals surface area contributed by atoms with E-state index in [0.29, 0.717) is 18.8 Å². The van der Waals surface area contributed by atoms with Gasteiger partial charge in [0, 0.05) is 24.5 Å². The number of ether oxygens (including phenoxy) is 1. The van der Waals surface area contributed by atoms with Crippen LogP contribution < -0.4 is 5.32 Å². The third-order valence-electron chi connectivity index (χ3n) is 2.50. The van der Waals surface area contributed by atoms with Gasteiger partial charge in [0.15, 0.2) is 0 Å². The molecule has 0 radical (unpaired) electrons. The van der Waals surface area contributed by atoms with Gasteiger partial charge < -0.3 is 10.1 Å². The fraction of sp³-hybridized carbons (Fsp3) is 0.231. The van der Waals surface area contributed by atoms with Gasteiger partial charge in [-0.25, -0.2) is 0 Å². The van der Waals surface area contributed by atoms with Crippen molar-refractivity contribution in [2.75, 3.05) is 19.0 Å². The van der Waals surface area contributed by atoms with Crippen LogP contribution in [0.4, 0.5) is 5.82 Å². The predicted molar refractivity (Wildman–Crippen MR) is 70.4 cm³/mol. The molecule has 98 valence electrons. The molecule has 2 rings (SSSR count). The summed E-state index contributed by atoms with van der Waals surface area (Å²) in [7, 11) is 1.37. The lowest BCUT2D eigenvalue weighted by atomic mass is 10.2. The number of nitrogens with one attached hydrogen (secondary N) is 1. The van der Waals surface area contributed by atoms with Gasteiger partial charge in [0.1, 0.15) is 5.82 Å². The van der Waals surface area contributed by atoms with Gasteiger partial charge >= 0.3 is 5.97 Å². The van der Waals surface area contributed by atoms with Crippen molar-refractivity contribution < 1.29 is 9.53 Å². The van der Waals surface area contributed by atoms with E-state index in [4.69, 9.17) is 0 Å². The maximum atomic E-state index is 10.9. The number of aromatic nitrogens is 3. The first-order valence-corrected chi connectivity index (χ1v) is 5.84. The van der Waals surface area contributed by atoms with E-state index in [0.717, 1.165) is 11.3 Å². The van der Waals surface area contributed by atoms with Crippen LogP contribution in [0.15, 0.2) is 36.7 Å². The fourth-order valence-electron chi connectivity index (χ4n) is 1.50. The summed E-state index contributed by atoms with van der Waals surface area (Å²) in [6.07, 6.45) is 3.71. The Hall–Kier alpha value is -2.50. The molecular weight excluding hydrogens is 244 g/mol. The molecule has 0 bridgehead atoms. The second-order valence-corrected chi connectivity index (χ2v) is 3.79. The molecule has 0 amide bonds. The highest BCUT2D eigenvalue weighted by molar-refractivity contribution is 5.69. The molecule has 0 saturated heterocycles. The zero-order valence-electron chi connectivity index (χ0n) is 10.5. The number of esters is 1. The Labute approximate surface area is 110 Å². The lowest BCUT2D eigenvalue weighted by molar-refractivity contribution is -0.140. The minimum absolute atomic E-state index is 0.256. The van der Waals surface area contributed by atoms with Gasteiger partial charge in [0.05, 0.1) is 19.2 Å². The Morgan fingerprint density at radius 2 is 2.00 bits per heavy atom. The third-order valence-corrected chi connectivity index (χ3v) is 2.50. The summed E-state index contributed by atoms with van der Waals surface area (Å²) in [5, 5.41) is 11.2. The fourth-order valence-corrected chi connectivity index (χ4v) is 1.50. The third kappa shape index (κ3) is 3.74. The van der Waals surface area contributed by atoms with Gasteiger partial charge in [-0.3, -0.25) is 9.78 Å². The summed E-state index contributed by atoms with van der Waals surface area (Å²) in [6.45, 7) is 0.468. The van der Waals surface area contributed by atoms with E-state index in [-0.39, 0.29) is 5.97 Å². The van der Waals surface area contributed by atoms with Gasteiger partial charge in [-0.1, -0.05) is 0 Å². The number of pyridine rings is 1. The summed E-state index contributed by atoms with van der Waals surface area (Å²) < 4.78 is 4.54. The normalized spacial score (nSPS) is 9.95. The smallest absolute Gasteiger partial charge is 0.307 e. The van der Waals surface area contributed by atoms with Crippen molar-refractivity contribution in [2.45, 2.75) is 6.42 Å². The second kappa shape index (κ2) is 6.44. The monoisotopic (exact) mass is 258 g/mol. The molecule has 2 aromatic rings. The highest BCUT2D eigenvalue weighted by atomic mass is 16.5. The molecule has 0 aliphatic heterocycles. The Bertz CT molecular complexity index is 528. The average Bonchev–Trinajstić information content (AvgIpc) is 2.48. The Morgan fingerprint density at radius 1 is 1.21 bits per heavy atom. The molecule has 6 heteroatoms. The zero-order chi connectivity index (χ0) is 13.5. The molecular formula is C13H14N4O2. The van der Waals surface area contributed by atoms with E-state index in [1.807, 2.05) is 24.3 Å². The number of anilines is 1. The maximum Gasteiger partial charge on any atom is 0.307 e. The van der Waals surface area contributed by atoms with Gasteiger partial charge in [-0.15, -0.1) is 10.2 Å². The van der Waals surface area contributed by atoms with Gasteiger partial charge in [-0.2, -0.15) is 0 Å². The Morgan fingerprint density at radius 3 is 2.63 bits per heavy atom. The van der Waals surface area contributed by atoms with Crippen LogP contribution in [-0.4, -0.2) is 34.8 Å². The van der Waals surface area contributed by atoms with E-state index in [1.165, 1.54) is 7.11 Å².